The summed E-state index contributed by atoms with van der Waals surface area (Å²) in [5.74, 6) is 0.891. The molecule has 1 fully saturated rings. The van der Waals surface area contributed by atoms with Gasteiger partial charge in [-0.2, -0.15) is 0 Å². The van der Waals surface area contributed by atoms with Crippen LogP contribution in [0.5, 0.6) is 0 Å². The second kappa shape index (κ2) is 6.56. The van der Waals surface area contributed by atoms with Crippen LogP contribution in [-0.2, 0) is 0 Å². The van der Waals surface area contributed by atoms with Crippen LogP contribution >= 0.6 is 0 Å². The SMILES string of the molecule is Cc1cccc2[nH]c(C(=O)N3CCC(c4nnc(-c5cnccn5)o4)C3)cc12. The molecule has 0 spiro atoms. The van der Waals surface area contributed by atoms with Gasteiger partial charge >= 0.3 is 0 Å². The molecule has 1 aliphatic heterocycles. The zero-order valence-corrected chi connectivity index (χ0v) is 15.3. The molecule has 28 heavy (non-hydrogen) atoms. The standard InChI is InChI=1S/C20H18N6O2/c1-12-3-2-4-15-14(12)9-16(23-15)20(27)26-8-5-13(11-26)18-24-25-19(28-18)17-10-21-6-7-22-17/h2-4,6-7,9-10,13,23H,5,8,11H2,1H3. The van der Waals surface area contributed by atoms with E-state index in [2.05, 4.69) is 25.1 Å². The van der Waals surface area contributed by atoms with Crippen molar-refractivity contribution < 1.29 is 9.21 Å². The third-order valence-corrected chi connectivity index (χ3v) is 5.16. The lowest BCUT2D eigenvalue weighted by Gasteiger charge is -2.14. The highest BCUT2D eigenvalue weighted by molar-refractivity contribution is 5.99. The zero-order chi connectivity index (χ0) is 19.1. The quantitative estimate of drug-likeness (QED) is 0.592. The Hall–Kier alpha value is -3.55. The Morgan fingerprint density at radius 3 is 3.04 bits per heavy atom. The fourth-order valence-corrected chi connectivity index (χ4v) is 3.65. The highest BCUT2D eigenvalue weighted by Gasteiger charge is 2.32. The third-order valence-electron chi connectivity index (χ3n) is 5.16. The van der Waals surface area contributed by atoms with E-state index in [-0.39, 0.29) is 11.8 Å². The predicted molar refractivity (Wildman–Crippen MR) is 102 cm³/mol. The minimum Gasteiger partial charge on any atom is -0.419 e. The third kappa shape index (κ3) is 2.83. The van der Waals surface area contributed by atoms with Crippen molar-refractivity contribution in [3.05, 3.63) is 60.0 Å². The predicted octanol–water partition coefficient (Wildman–Crippen LogP) is 2.95. The van der Waals surface area contributed by atoms with Gasteiger partial charge in [-0.15, -0.1) is 10.2 Å². The van der Waals surface area contributed by atoms with Crippen molar-refractivity contribution in [2.45, 2.75) is 19.3 Å². The van der Waals surface area contributed by atoms with Crippen molar-refractivity contribution in [1.82, 2.24) is 30.0 Å². The normalized spacial score (nSPS) is 16.8. The number of carbonyl (C=O) groups excluding carboxylic acids is 1. The molecule has 1 atom stereocenters. The molecule has 1 unspecified atom stereocenters. The molecule has 1 N–H and O–H groups in total. The van der Waals surface area contributed by atoms with Crippen molar-refractivity contribution in [2.75, 3.05) is 13.1 Å². The number of aromatic nitrogens is 5. The molecule has 0 aliphatic carbocycles. The van der Waals surface area contributed by atoms with Crippen LogP contribution in [0.3, 0.4) is 0 Å². The van der Waals surface area contributed by atoms with Crippen molar-refractivity contribution in [3.8, 4) is 11.6 Å². The molecule has 4 aromatic rings. The largest absolute Gasteiger partial charge is 0.419 e. The molecule has 4 heterocycles. The molecule has 8 heteroatoms. The van der Waals surface area contributed by atoms with Gasteiger partial charge in [-0.1, -0.05) is 12.1 Å². The van der Waals surface area contributed by atoms with Crippen LogP contribution in [0.1, 0.15) is 34.3 Å². The summed E-state index contributed by atoms with van der Waals surface area (Å²) in [6.45, 7) is 3.25. The van der Waals surface area contributed by atoms with E-state index in [9.17, 15) is 4.79 Å². The Balaban J connectivity index is 1.33. The van der Waals surface area contributed by atoms with Crippen LogP contribution in [0.25, 0.3) is 22.5 Å². The molecule has 140 valence electrons. The number of aryl methyl sites for hydroxylation is 1. The summed E-state index contributed by atoms with van der Waals surface area (Å²) < 4.78 is 5.78. The van der Waals surface area contributed by atoms with E-state index in [1.54, 1.807) is 18.6 Å². The lowest BCUT2D eigenvalue weighted by molar-refractivity contribution is 0.0785. The topological polar surface area (TPSA) is 101 Å². The summed E-state index contributed by atoms with van der Waals surface area (Å²) in [4.78, 5) is 26.2. The monoisotopic (exact) mass is 374 g/mol. The number of H-pyrrole nitrogens is 1. The number of rotatable bonds is 3. The lowest BCUT2D eigenvalue weighted by Crippen LogP contribution is -2.28. The first kappa shape index (κ1) is 16.6. The van der Waals surface area contributed by atoms with E-state index >= 15 is 0 Å². The average molecular weight is 374 g/mol. The van der Waals surface area contributed by atoms with Crippen LogP contribution in [0.15, 0.2) is 47.3 Å². The van der Waals surface area contributed by atoms with Gasteiger partial charge in [-0.3, -0.25) is 9.78 Å². The lowest BCUT2D eigenvalue weighted by atomic mass is 10.1. The number of nitrogens with one attached hydrogen (secondary N) is 1. The Morgan fingerprint density at radius 1 is 1.29 bits per heavy atom. The minimum absolute atomic E-state index is 0.00763. The van der Waals surface area contributed by atoms with E-state index in [1.807, 2.05) is 36.1 Å². The van der Waals surface area contributed by atoms with Crippen LogP contribution in [0, 0.1) is 6.92 Å². The number of nitrogens with zero attached hydrogens (tertiary/aromatic N) is 5. The Morgan fingerprint density at radius 2 is 2.21 bits per heavy atom. The van der Waals surface area contributed by atoms with Crippen molar-refractivity contribution in [2.24, 2.45) is 0 Å². The first-order chi connectivity index (χ1) is 13.7. The average Bonchev–Trinajstić information content (AvgIpc) is 3.46. The molecule has 1 saturated heterocycles. The smallest absolute Gasteiger partial charge is 0.270 e. The summed E-state index contributed by atoms with van der Waals surface area (Å²) >= 11 is 0. The van der Waals surface area contributed by atoms with Gasteiger partial charge in [-0.25, -0.2) is 4.98 Å². The number of amides is 1. The molecule has 5 rings (SSSR count). The Bertz CT molecular complexity index is 1150. The highest BCUT2D eigenvalue weighted by Crippen LogP contribution is 2.29. The van der Waals surface area contributed by atoms with E-state index in [1.165, 1.54) is 0 Å². The molecular weight excluding hydrogens is 356 g/mol. The minimum atomic E-state index is -0.00763. The fraction of sp³-hybridized carbons (Fsp3) is 0.250. The highest BCUT2D eigenvalue weighted by atomic mass is 16.4. The molecule has 1 amide bonds. The number of fused-ring (bicyclic) bond motifs is 1. The van der Waals surface area contributed by atoms with Crippen LogP contribution < -0.4 is 0 Å². The first-order valence-corrected chi connectivity index (χ1v) is 9.16. The van der Waals surface area contributed by atoms with Gasteiger partial charge in [0.2, 0.25) is 5.89 Å². The number of hydrogen-bond donors (Lipinski definition) is 1. The summed E-state index contributed by atoms with van der Waals surface area (Å²) in [5.41, 5.74) is 3.27. The van der Waals surface area contributed by atoms with Crippen LogP contribution in [0.2, 0.25) is 0 Å². The van der Waals surface area contributed by atoms with Gasteiger partial charge < -0.3 is 14.3 Å². The van der Waals surface area contributed by atoms with E-state index in [0.717, 1.165) is 22.9 Å². The van der Waals surface area contributed by atoms with Crippen molar-refractivity contribution in [3.63, 3.8) is 0 Å². The van der Waals surface area contributed by atoms with Gasteiger partial charge in [0, 0.05) is 36.4 Å². The number of hydrogen-bond acceptors (Lipinski definition) is 6. The molecule has 8 nitrogen and oxygen atoms in total. The summed E-state index contributed by atoms with van der Waals surface area (Å²) in [6, 6.07) is 7.94. The second-order valence-electron chi connectivity index (χ2n) is 6.99. The van der Waals surface area contributed by atoms with Gasteiger partial charge in [0.1, 0.15) is 11.4 Å². The molecule has 0 radical (unpaired) electrons. The van der Waals surface area contributed by atoms with E-state index in [0.29, 0.717) is 36.3 Å². The van der Waals surface area contributed by atoms with E-state index in [4.69, 9.17) is 4.42 Å². The fourth-order valence-electron chi connectivity index (χ4n) is 3.65. The molecule has 0 saturated carbocycles. The molecule has 0 bridgehead atoms. The molecular formula is C20H18N6O2. The van der Waals surface area contributed by atoms with Crippen LogP contribution in [0.4, 0.5) is 0 Å². The maximum Gasteiger partial charge on any atom is 0.270 e. The van der Waals surface area contributed by atoms with Crippen molar-refractivity contribution >= 4 is 16.8 Å². The molecule has 1 aromatic carbocycles. The van der Waals surface area contributed by atoms with Gasteiger partial charge in [0.05, 0.1) is 12.1 Å². The number of benzene rings is 1. The number of carbonyl (C=O) groups is 1. The number of aromatic amines is 1. The van der Waals surface area contributed by atoms with Gasteiger partial charge in [0.15, 0.2) is 0 Å². The van der Waals surface area contributed by atoms with Gasteiger partial charge in [-0.05, 0) is 31.0 Å². The van der Waals surface area contributed by atoms with Crippen LogP contribution in [-0.4, -0.2) is 49.0 Å². The first-order valence-electron chi connectivity index (χ1n) is 9.16. The molecule has 1 aliphatic rings. The maximum absolute atomic E-state index is 12.9. The zero-order valence-electron chi connectivity index (χ0n) is 15.3. The molecule has 3 aromatic heterocycles. The Kier molecular flexibility index (Phi) is 3.89. The summed E-state index contributed by atoms with van der Waals surface area (Å²) in [6.07, 6.45) is 5.54. The number of likely N-dealkylation sites (tertiary alicyclic amines) is 1. The van der Waals surface area contributed by atoms with Gasteiger partial charge in [0.25, 0.3) is 11.8 Å². The summed E-state index contributed by atoms with van der Waals surface area (Å²) in [5, 5.41) is 9.30. The maximum atomic E-state index is 12.9. The Labute approximate surface area is 160 Å². The van der Waals surface area contributed by atoms with Crippen molar-refractivity contribution in [1.29, 1.82) is 0 Å². The summed E-state index contributed by atoms with van der Waals surface area (Å²) in [7, 11) is 0. The van der Waals surface area contributed by atoms with E-state index < -0.39 is 0 Å². The second-order valence-corrected chi connectivity index (χ2v) is 6.99.